The molecule has 0 spiro atoms. The Labute approximate surface area is 127 Å². The van der Waals surface area contributed by atoms with Crippen LogP contribution in [-0.4, -0.2) is 23.0 Å². The minimum absolute atomic E-state index is 0.249. The van der Waals surface area contributed by atoms with E-state index in [1.54, 1.807) is 6.08 Å². The molecular formula is C15H18BrNO3. The highest BCUT2D eigenvalue weighted by Crippen LogP contribution is 2.13. The molecule has 1 aromatic carbocycles. The smallest absolute Gasteiger partial charge is 0.326 e. The van der Waals surface area contributed by atoms with E-state index in [4.69, 9.17) is 5.11 Å². The second kappa shape index (κ2) is 8.53. The summed E-state index contributed by atoms with van der Waals surface area (Å²) in [4.78, 5) is 22.8. The van der Waals surface area contributed by atoms with Crippen molar-refractivity contribution in [3.8, 4) is 0 Å². The van der Waals surface area contributed by atoms with Gasteiger partial charge in [-0.25, -0.2) is 4.79 Å². The Morgan fingerprint density at radius 2 is 2.20 bits per heavy atom. The molecular weight excluding hydrogens is 322 g/mol. The SMILES string of the molecule is C=CCCC(NC(=O)CCc1cccc(Br)c1)C(=O)O. The van der Waals surface area contributed by atoms with E-state index in [9.17, 15) is 9.59 Å². The van der Waals surface area contributed by atoms with Crippen LogP contribution in [0, 0.1) is 0 Å². The molecule has 5 heteroatoms. The first-order chi connectivity index (χ1) is 9.52. The van der Waals surface area contributed by atoms with Crippen LogP contribution in [-0.2, 0) is 16.0 Å². The van der Waals surface area contributed by atoms with E-state index in [0.29, 0.717) is 19.3 Å². The Morgan fingerprint density at radius 3 is 2.80 bits per heavy atom. The topological polar surface area (TPSA) is 66.4 Å². The Kier molecular flexibility index (Phi) is 7.01. The Hall–Kier alpha value is -1.62. The number of carbonyl (C=O) groups excluding carboxylic acids is 1. The fraction of sp³-hybridized carbons (Fsp3) is 0.333. The maximum absolute atomic E-state index is 11.8. The lowest BCUT2D eigenvalue weighted by atomic mass is 10.1. The summed E-state index contributed by atoms with van der Waals surface area (Å²) in [6.07, 6.45) is 3.42. The summed E-state index contributed by atoms with van der Waals surface area (Å²) in [6.45, 7) is 3.55. The van der Waals surface area contributed by atoms with Gasteiger partial charge in [-0.05, 0) is 37.0 Å². The van der Waals surface area contributed by atoms with Crippen LogP contribution in [0.15, 0.2) is 41.4 Å². The van der Waals surface area contributed by atoms with Crippen molar-refractivity contribution >= 4 is 27.8 Å². The number of benzene rings is 1. The normalized spacial score (nSPS) is 11.7. The molecule has 1 unspecified atom stereocenters. The molecule has 20 heavy (non-hydrogen) atoms. The summed E-state index contributed by atoms with van der Waals surface area (Å²) in [7, 11) is 0. The van der Waals surface area contributed by atoms with Crippen LogP contribution in [0.2, 0.25) is 0 Å². The van der Waals surface area contributed by atoms with Gasteiger partial charge in [0.2, 0.25) is 5.91 Å². The molecule has 108 valence electrons. The molecule has 2 N–H and O–H groups in total. The molecule has 0 saturated heterocycles. The number of amides is 1. The van der Waals surface area contributed by atoms with Gasteiger partial charge in [-0.3, -0.25) is 4.79 Å². The van der Waals surface area contributed by atoms with Crippen LogP contribution in [0.3, 0.4) is 0 Å². The zero-order chi connectivity index (χ0) is 15.0. The van der Waals surface area contributed by atoms with Gasteiger partial charge in [0.05, 0.1) is 0 Å². The highest BCUT2D eigenvalue weighted by Gasteiger charge is 2.18. The number of aryl methyl sites for hydroxylation is 1. The summed E-state index contributed by atoms with van der Waals surface area (Å²) in [5.41, 5.74) is 1.03. The Balaban J connectivity index is 2.45. The quantitative estimate of drug-likeness (QED) is 0.715. The van der Waals surface area contributed by atoms with Gasteiger partial charge in [0.15, 0.2) is 0 Å². The van der Waals surface area contributed by atoms with Crippen molar-refractivity contribution in [2.45, 2.75) is 31.7 Å². The lowest BCUT2D eigenvalue weighted by molar-refractivity contribution is -0.142. The second-order valence-electron chi connectivity index (χ2n) is 4.45. The van der Waals surface area contributed by atoms with Gasteiger partial charge >= 0.3 is 5.97 Å². The number of carbonyl (C=O) groups is 2. The fourth-order valence-corrected chi connectivity index (χ4v) is 2.21. The van der Waals surface area contributed by atoms with Gasteiger partial charge in [0.25, 0.3) is 0 Å². The van der Waals surface area contributed by atoms with Crippen LogP contribution in [0.4, 0.5) is 0 Å². The molecule has 1 amide bonds. The number of hydrogen-bond donors (Lipinski definition) is 2. The molecule has 0 saturated carbocycles. The third kappa shape index (κ3) is 6.02. The highest BCUT2D eigenvalue weighted by atomic mass is 79.9. The summed E-state index contributed by atoms with van der Waals surface area (Å²) in [5, 5.41) is 11.6. The first kappa shape index (κ1) is 16.4. The van der Waals surface area contributed by atoms with Crippen molar-refractivity contribution < 1.29 is 14.7 Å². The molecule has 1 atom stereocenters. The highest BCUT2D eigenvalue weighted by molar-refractivity contribution is 9.10. The number of allylic oxidation sites excluding steroid dienone is 1. The van der Waals surface area contributed by atoms with Crippen molar-refractivity contribution in [3.63, 3.8) is 0 Å². The second-order valence-corrected chi connectivity index (χ2v) is 5.37. The first-order valence-corrected chi connectivity index (χ1v) is 7.19. The van der Waals surface area contributed by atoms with Gasteiger partial charge in [-0.1, -0.05) is 34.1 Å². The van der Waals surface area contributed by atoms with Crippen molar-refractivity contribution in [3.05, 3.63) is 47.0 Å². The number of carboxylic acids is 1. The molecule has 0 bridgehead atoms. The van der Waals surface area contributed by atoms with E-state index in [0.717, 1.165) is 10.0 Å². The zero-order valence-corrected chi connectivity index (χ0v) is 12.7. The first-order valence-electron chi connectivity index (χ1n) is 6.40. The van der Waals surface area contributed by atoms with E-state index in [2.05, 4.69) is 27.8 Å². The molecule has 1 aromatic rings. The van der Waals surface area contributed by atoms with Crippen LogP contribution in [0.5, 0.6) is 0 Å². The minimum atomic E-state index is -1.01. The lowest BCUT2D eigenvalue weighted by Gasteiger charge is -2.13. The molecule has 0 aliphatic heterocycles. The van der Waals surface area contributed by atoms with Gasteiger partial charge in [0.1, 0.15) is 6.04 Å². The van der Waals surface area contributed by atoms with E-state index in [1.807, 2.05) is 24.3 Å². The maximum Gasteiger partial charge on any atom is 0.326 e. The molecule has 0 fully saturated rings. The maximum atomic E-state index is 11.8. The largest absolute Gasteiger partial charge is 0.480 e. The standard InChI is InChI=1S/C15H18BrNO3/c1-2-3-7-13(15(19)20)17-14(18)9-8-11-5-4-6-12(16)10-11/h2,4-6,10,13H,1,3,7-9H2,(H,17,18)(H,19,20). The van der Waals surface area contributed by atoms with E-state index in [-0.39, 0.29) is 12.3 Å². The minimum Gasteiger partial charge on any atom is -0.480 e. The van der Waals surface area contributed by atoms with E-state index >= 15 is 0 Å². The van der Waals surface area contributed by atoms with Crippen LogP contribution < -0.4 is 5.32 Å². The van der Waals surface area contributed by atoms with E-state index in [1.165, 1.54) is 0 Å². The van der Waals surface area contributed by atoms with Crippen molar-refractivity contribution in [1.29, 1.82) is 0 Å². The average molecular weight is 340 g/mol. The summed E-state index contributed by atoms with van der Waals surface area (Å²) in [6, 6.07) is 6.85. The fourth-order valence-electron chi connectivity index (χ4n) is 1.76. The number of nitrogens with one attached hydrogen (secondary N) is 1. The number of aliphatic carboxylic acids is 1. The molecule has 0 aliphatic rings. The predicted octanol–water partition coefficient (Wildman–Crippen LogP) is 2.92. The van der Waals surface area contributed by atoms with Crippen molar-refractivity contribution in [2.24, 2.45) is 0 Å². The molecule has 0 radical (unpaired) electrons. The Morgan fingerprint density at radius 1 is 1.45 bits per heavy atom. The van der Waals surface area contributed by atoms with Crippen LogP contribution in [0.25, 0.3) is 0 Å². The predicted molar refractivity (Wildman–Crippen MR) is 81.5 cm³/mol. The van der Waals surface area contributed by atoms with Crippen LogP contribution in [0.1, 0.15) is 24.8 Å². The summed E-state index contributed by atoms with van der Waals surface area (Å²) in [5.74, 6) is -1.26. The monoisotopic (exact) mass is 339 g/mol. The van der Waals surface area contributed by atoms with Crippen molar-refractivity contribution in [2.75, 3.05) is 0 Å². The van der Waals surface area contributed by atoms with E-state index < -0.39 is 12.0 Å². The molecule has 0 heterocycles. The van der Waals surface area contributed by atoms with Gasteiger partial charge in [-0.2, -0.15) is 0 Å². The Bertz CT molecular complexity index is 488. The van der Waals surface area contributed by atoms with Crippen LogP contribution >= 0.6 is 15.9 Å². The number of carboxylic acid groups (broad SMARTS) is 1. The number of halogens is 1. The van der Waals surface area contributed by atoms with Gasteiger partial charge in [-0.15, -0.1) is 6.58 Å². The average Bonchev–Trinajstić information content (AvgIpc) is 2.41. The number of rotatable bonds is 8. The van der Waals surface area contributed by atoms with Gasteiger partial charge < -0.3 is 10.4 Å². The third-order valence-electron chi connectivity index (χ3n) is 2.82. The summed E-state index contributed by atoms with van der Waals surface area (Å²) >= 11 is 3.37. The third-order valence-corrected chi connectivity index (χ3v) is 3.32. The van der Waals surface area contributed by atoms with Gasteiger partial charge in [0, 0.05) is 10.9 Å². The summed E-state index contributed by atoms with van der Waals surface area (Å²) < 4.78 is 0.963. The molecule has 0 aliphatic carbocycles. The molecule has 1 rings (SSSR count). The lowest BCUT2D eigenvalue weighted by Crippen LogP contribution is -2.40. The zero-order valence-electron chi connectivity index (χ0n) is 11.1. The molecule has 4 nitrogen and oxygen atoms in total. The number of hydrogen-bond acceptors (Lipinski definition) is 2. The van der Waals surface area contributed by atoms with Crippen molar-refractivity contribution in [1.82, 2.24) is 5.32 Å². The molecule has 0 aromatic heterocycles.